The quantitative estimate of drug-likeness (QED) is 0.291. The zero-order valence-electron chi connectivity index (χ0n) is 16.9. The molecule has 152 valence electrons. The zero-order valence-corrected chi connectivity index (χ0v) is 17.6. The molecule has 0 saturated carbocycles. The van der Waals surface area contributed by atoms with Gasteiger partial charge in [-0.25, -0.2) is 15.0 Å². The van der Waals surface area contributed by atoms with Crippen molar-refractivity contribution in [3.8, 4) is 34.2 Å². The Labute approximate surface area is 189 Å². The normalized spacial score (nSPS) is 11.3. The van der Waals surface area contributed by atoms with Gasteiger partial charge in [-0.15, -0.1) is 0 Å². The number of halogens is 1. The van der Waals surface area contributed by atoms with Gasteiger partial charge in [0, 0.05) is 38.6 Å². The van der Waals surface area contributed by atoms with Crippen LogP contribution < -0.4 is 0 Å². The largest absolute Gasteiger partial charge is 0.456 e. The van der Waals surface area contributed by atoms with Crippen LogP contribution >= 0.6 is 11.6 Å². The molecule has 0 aliphatic carbocycles. The first-order valence-corrected chi connectivity index (χ1v) is 10.6. The molecule has 5 heteroatoms. The van der Waals surface area contributed by atoms with Gasteiger partial charge in [0.1, 0.15) is 11.2 Å². The van der Waals surface area contributed by atoms with Crippen molar-refractivity contribution in [2.75, 3.05) is 0 Å². The Morgan fingerprint density at radius 2 is 1.12 bits per heavy atom. The Hall–Kier alpha value is -4.02. The molecule has 0 atom stereocenters. The van der Waals surface area contributed by atoms with Crippen LogP contribution in [0.2, 0.25) is 5.02 Å². The molecule has 0 saturated heterocycles. The first-order chi connectivity index (χ1) is 15.8. The lowest BCUT2D eigenvalue weighted by atomic mass is 10.1. The summed E-state index contributed by atoms with van der Waals surface area (Å²) in [6.45, 7) is 0. The van der Waals surface area contributed by atoms with Crippen LogP contribution in [0.25, 0.3) is 56.1 Å². The molecule has 0 unspecified atom stereocenters. The molecule has 0 fully saturated rings. The molecule has 2 heterocycles. The topological polar surface area (TPSA) is 51.8 Å². The Bertz CT molecular complexity index is 1520. The molecule has 0 aliphatic rings. The van der Waals surface area contributed by atoms with Crippen molar-refractivity contribution in [2.45, 2.75) is 0 Å². The van der Waals surface area contributed by atoms with Gasteiger partial charge in [0.05, 0.1) is 0 Å². The highest BCUT2D eigenvalue weighted by atomic mass is 35.5. The van der Waals surface area contributed by atoms with Crippen LogP contribution in [-0.4, -0.2) is 15.0 Å². The van der Waals surface area contributed by atoms with Crippen molar-refractivity contribution in [1.29, 1.82) is 0 Å². The molecule has 2 aromatic heterocycles. The SMILES string of the molecule is Clc1cc(-c2nc(-c3ccccc3)nc(-c3ccccc3)n2)c2c(c1)oc1ccccc12. The number of benzene rings is 4. The fourth-order valence-electron chi connectivity index (χ4n) is 3.93. The van der Waals surface area contributed by atoms with E-state index in [-0.39, 0.29) is 0 Å². The minimum absolute atomic E-state index is 0.553. The summed E-state index contributed by atoms with van der Waals surface area (Å²) in [5, 5.41) is 2.50. The Morgan fingerprint density at radius 1 is 0.562 bits per heavy atom. The fourth-order valence-corrected chi connectivity index (χ4v) is 4.13. The molecule has 0 radical (unpaired) electrons. The number of furan rings is 1. The lowest BCUT2D eigenvalue weighted by Crippen LogP contribution is -2.00. The van der Waals surface area contributed by atoms with Crippen molar-refractivity contribution >= 4 is 33.5 Å². The van der Waals surface area contributed by atoms with E-state index in [4.69, 9.17) is 31.0 Å². The van der Waals surface area contributed by atoms with Crippen LogP contribution in [0, 0.1) is 0 Å². The molecule has 0 amide bonds. The Kier molecular flexibility index (Phi) is 4.44. The highest BCUT2D eigenvalue weighted by Gasteiger charge is 2.18. The number of rotatable bonds is 3. The Balaban J connectivity index is 1.68. The fraction of sp³-hybridized carbons (Fsp3) is 0. The molecular weight excluding hydrogens is 418 g/mol. The lowest BCUT2D eigenvalue weighted by Gasteiger charge is -2.09. The average molecular weight is 434 g/mol. The van der Waals surface area contributed by atoms with Crippen molar-refractivity contribution in [2.24, 2.45) is 0 Å². The Morgan fingerprint density at radius 3 is 1.78 bits per heavy atom. The second kappa shape index (κ2) is 7.59. The van der Waals surface area contributed by atoms with Crippen LogP contribution in [0.1, 0.15) is 0 Å². The van der Waals surface area contributed by atoms with E-state index in [9.17, 15) is 0 Å². The van der Waals surface area contributed by atoms with Crippen LogP contribution in [0.3, 0.4) is 0 Å². The smallest absolute Gasteiger partial charge is 0.164 e. The summed E-state index contributed by atoms with van der Waals surface area (Å²) in [7, 11) is 0. The second-order valence-electron chi connectivity index (χ2n) is 7.46. The summed E-state index contributed by atoms with van der Waals surface area (Å²) in [6, 6.07) is 31.5. The summed E-state index contributed by atoms with van der Waals surface area (Å²) < 4.78 is 6.07. The zero-order chi connectivity index (χ0) is 21.5. The second-order valence-corrected chi connectivity index (χ2v) is 7.90. The molecular formula is C27H16ClN3O. The minimum Gasteiger partial charge on any atom is -0.456 e. The third-order valence-corrected chi connectivity index (χ3v) is 5.60. The highest BCUT2D eigenvalue weighted by Crippen LogP contribution is 2.38. The molecule has 0 bridgehead atoms. The van der Waals surface area contributed by atoms with Crippen LogP contribution in [0.15, 0.2) is 101 Å². The van der Waals surface area contributed by atoms with Gasteiger partial charge in [-0.3, -0.25) is 0 Å². The van der Waals surface area contributed by atoms with Gasteiger partial charge < -0.3 is 4.42 Å². The van der Waals surface area contributed by atoms with Gasteiger partial charge in [0.2, 0.25) is 0 Å². The summed E-state index contributed by atoms with van der Waals surface area (Å²) in [6.07, 6.45) is 0. The summed E-state index contributed by atoms with van der Waals surface area (Å²) >= 11 is 6.48. The maximum Gasteiger partial charge on any atom is 0.164 e. The van der Waals surface area contributed by atoms with E-state index < -0.39 is 0 Å². The molecule has 0 spiro atoms. The van der Waals surface area contributed by atoms with Crippen LogP contribution in [-0.2, 0) is 0 Å². The van der Waals surface area contributed by atoms with Crippen molar-refractivity contribution < 1.29 is 4.42 Å². The molecule has 4 aromatic carbocycles. The maximum atomic E-state index is 6.48. The third kappa shape index (κ3) is 3.22. The van der Waals surface area contributed by atoms with E-state index in [1.807, 2.05) is 97.1 Å². The molecule has 0 N–H and O–H groups in total. The molecule has 6 aromatic rings. The number of aromatic nitrogens is 3. The third-order valence-electron chi connectivity index (χ3n) is 5.38. The van der Waals surface area contributed by atoms with E-state index in [0.29, 0.717) is 28.1 Å². The van der Waals surface area contributed by atoms with Gasteiger partial charge in [-0.05, 0) is 12.1 Å². The minimum atomic E-state index is 0.553. The van der Waals surface area contributed by atoms with E-state index in [0.717, 1.165) is 33.0 Å². The van der Waals surface area contributed by atoms with Crippen molar-refractivity contribution in [1.82, 2.24) is 15.0 Å². The van der Waals surface area contributed by atoms with E-state index in [2.05, 4.69) is 0 Å². The van der Waals surface area contributed by atoms with Gasteiger partial charge >= 0.3 is 0 Å². The van der Waals surface area contributed by atoms with Crippen LogP contribution in [0.4, 0.5) is 0 Å². The van der Waals surface area contributed by atoms with E-state index in [1.165, 1.54) is 0 Å². The number of hydrogen-bond acceptors (Lipinski definition) is 4. The predicted molar refractivity (Wildman–Crippen MR) is 128 cm³/mol. The van der Waals surface area contributed by atoms with Gasteiger partial charge in [0.15, 0.2) is 17.5 Å². The molecule has 0 aliphatic heterocycles. The highest BCUT2D eigenvalue weighted by molar-refractivity contribution is 6.32. The summed E-state index contributed by atoms with van der Waals surface area (Å²) in [5.74, 6) is 1.77. The van der Waals surface area contributed by atoms with Gasteiger partial charge in [-0.1, -0.05) is 90.5 Å². The molecule has 32 heavy (non-hydrogen) atoms. The first kappa shape index (κ1) is 18.7. The average Bonchev–Trinajstić information content (AvgIpc) is 3.22. The van der Waals surface area contributed by atoms with E-state index in [1.54, 1.807) is 0 Å². The van der Waals surface area contributed by atoms with Gasteiger partial charge in [0.25, 0.3) is 0 Å². The van der Waals surface area contributed by atoms with Gasteiger partial charge in [-0.2, -0.15) is 0 Å². The predicted octanol–water partition coefficient (Wildman–Crippen LogP) is 7.43. The number of para-hydroxylation sites is 1. The number of nitrogens with zero attached hydrogens (tertiary/aromatic N) is 3. The summed E-state index contributed by atoms with van der Waals surface area (Å²) in [4.78, 5) is 14.5. The standard InChI is InChI=1S/C27H16ClN3O/c28-19-15-21(24-20-13-7-8-14-22(20)32-23(24)16-19)27-30-25(17-9-3-1-4-10-17)29-26(31-27)18-11-5-2-6-12-18/h1-16H. The first-order valence-electron chi connectivity index (χ1n) is 10.2. The van der Waals surface area contributed by atoms with Crippen molar-refractivity contribution in [3.63, 3.8) is 0 Å². The lowest BCUT2D eigenvalue weighted by molar-refractivity contribution is 0.669. The summed E-state index contributed by atoms with van der Waals surface area (Å²) in [5.41, 5.74) is 4.16. The number of hydrogen-bond donors (Lipinski definition) is 0. The molecule has 6 rings (SSSR count). The van der Waals surface area contributed by atoms with Crippen LogP contribution in [0.5, 0.6) is 0 Å². The maximum absolute atomic E-state index is 6.48. The number of fused-ring (bicyclic) bond motifs is 3. The molecule has 4 nitrogen and oxygen atoms in total. The monoisotopic (exact) mass is 433 g/mol. The van der Waals surface area contributed by atoms with E-state index >= 15 is 0 Å². The van der Waals surface area contributed by atoms with Crippen molar-refractivity contribution in [3.05, 3.63) is 102 Å².